The van der Waals surface area contributed by atoms with E-state index in [2.05, 4.69) is 279 Å². The summed E-state index contributed by atoms with van der Waals surface area (Å²) in [6, 6.07) is 113. The molecule has 10 heterocycles. The SMILES string of the molecule is COc1ccc(-c2ccc3ccc4ccc(-c5cccc(-c6ccc7ccc8ccc(-c9cccc(-c%10ccc%11ccc%12ccc(-c%13cccc(-c%14ccc%15ccc%16ccc(-c%17cccc(-c%18ccc%19ccc%20ccc(-c%21ccc(OC)cc%21)nc%20c%19n%18)c%17)nc%16c%15n%14)c%13)nc%12c%11n%10)c9)nc8c7n6)c5)nc4c3n2)cc1. The van der Waals surface area contributed by atoms with E-state index in [1.807, 2.05) is 48.5 Å². The minimum absolute atomic E-state index is 0.803. The maximum atomic E-state index is 5.42. The van der Waals surface area contributed by atoms with E-state index in [9.17, 15) is 0 Å². The maximum Gasteiger partial charge on any atom is 0.118 e. The Kier molecular flexibility index (Phi) is 15.0. The van der Waals surface area contributed by atoms with Crippen LogP contribution >= 0.6 is 0 Å². The van der Waals surface area contributed by atoms with Gasteiger partial charge in [-0.2, -0.15) is 0 Å². The molecule has 10 aromatic heterocycles. The lowest BCUT2D eigenvalue weighted by molar-refractivity contribution is 0.415. The molecule has 0 radical (unpaired) electrons. The zero-order valence-corrected chi connectivity index (χ0v) is 59.5. The molecule has 0 aliphatic rings. The van der Waals surface area contributed by atoms with Crippen LogP contribution in [0.25, 0.3) is 222 Å². The summed E-state index contributed by atoms with van der Waals surface area (Å²) in [7, 11) is 3.35. The topological polar surface area (TPSA) is 147 Å². The van der Waals surface area contributed by atoms with Crippen molar-refractivity contribution >= 4 is 109 Å². The van der Waals surface area contributed by atoms with Gasteiger partial charge >= 0.3 is 0 Å². The average molecular weight is 1410 g/mol. The van der Waals surface area contributed by atoms with Crippen molar-refractivity contribution in [2.75, 3.05) is 14.2 Å². The number of nitrogens with zero attached hydrogens (tertiary/aromatic N) is 10. The third-order valence-corrected chi connectivity index (χ3v) is 21.2. The lowest BCUT2D eigenvalue weighted by atomic mass is 10.0. The molecule has 0 N–H and O–H groups in total. The number of rotatable bonds is 12. The number of hydrogen-bond acceptors (Lipinski definition) is 12. The van der Waals surface area contributed by atoms with Gasteiger partial charge in [-0.15, -0.1) is 0 Å². The normalized spacial score (nSPS) is 11.7. The van der Waals surface area contributed by atoms with Crippen molar-refractivity contribution in [3.8, 4) is 124 Å². The largest absolute Gasteiger partial charge is 0.497 e. The minimum Gasteiger partial charge on any atom is -0.497 e. The third-order valence-electron chi connectivity index (χ3n) is 21.2. The van der Waals surface area contributed by atoms with Crippen LogP contribution in [0.4, 0.5) is 0 Å². The van der Waals surface area contributed by atoms with Gasteiger partial charge in [-0.25, -0.2) is 49.8 Å². The zero-order chi connectivity index (χ0) is 72.9. The van der Waals surface area contributed by atoms with E-state index in [0.29, 0.717) is 0 Å². The summed E-state index contributed by atoms with van der Waals surface area (Å²) >= 11 is 0. The highest BCUT2D eigenvalue weighted by Gasteiger charge is 2.19. The van der Waals surface area contributed by atoms with E-state index in [0.717, 1.165) is 233 Å². The van der Waals surface area contributed by atoms with E-state index in [1.165, 1.54) is 0 Å². The van der Waals surface area contributed by atoms with Crippen LogP contribution in [0.3, 0.4) is 0 Å². The van der Waals surface area contributed by atoms with Crippen molar-refractivity contribution in [3.05, 3.63) is 328 Å². The van der Waals surface area contributed by atoms with Crippen molar-refractivity contribution in [1.82, 2.24) is 49.8 Å². The highest BCUT2D eigenvalue weighted by Crippen LogP contribution is 2.39. The van der Waals surface area contributed by atoms with Crippen LogP contribution < -0.4 is 9.47 Å². The van der Waals surface area contributed by atoms with Crippen LogP contribution in [0.1, 0.15) is 0 Å². The second-order valence-electron chi connectivity index (χ2n) is 27.8. The average Bonchev–Trinajstić information content (AvgIpc) is 0.774. The second kappa shape index (κ2) is 26.0. The minimum atomic E-state index is 0.803. The fourth-order valence-electron chi connectivity index (χ4n) is 15.3. The quantitative estimate of drug-likeness (QED) is 0.107. The molecule has 0 aliphatic carbocycles. The van der Waals surface area contributed by atoms with Gasteiger partial charge in [-0.3, -0.25) is 0 Å². The summed E-state index contributed by atoms with van der Waals surface area (Å²) < 4.78 is 10.8. The molecular formula is C98H60N10O2. The van der Waals surface area contributed by atoms with Crippen LogP contribution in [0, 0.1) is 0 Å². The van der Waals surface area contributed by atoms with Crippen LogP contribution in [0.2, 0.25) is 0 Å². The van der Waals surface area contributed by atoms with Crippen LogP contribution in [0.15, 0.2) is 328 Å². The van der Waals surface area contributed by atoms with Gasteiger partial charge in [0.05, 0.1) is 126 Å². The first-order valence-corrected chi connectivity index (χ1v) is 36.5. The monoisotopic (exact) mass is 1410 g/mol. The van der Waals surface area contributed by atoms with Gasteiger partial charge in [0.25, 0.3) is 0 Å². The van der Waals surface area contributed by atoms with Gasteiger partial charge in [0.15, 0.2) is 0 Å². The first-order chi connectivity index (χ1) is 54.3. The van der Waals surface area contributed by atoms with Gasteiger partial charge in [0, 0.05) is 109 Å². The Morgan fingerprint density at radius 3 is 0.427 bits per heavy atom. The fourth-order valence-corrected chi connectivity index (χ4v) is 15.3. The molecule has 0 bridgehead atoms. The molecule has 514 valence electrons. The molecule has 110 heavy (non-hydrogen) atoms. The Morgan fingerprint density at radius 1 is 0.145 bits per heavy atom. The fraction of sp³-hybridized carbons (Fsp3) is 0.0204. The Labute approximate surface area is 630 Å². The molecule has 0 saturated heterocycles. The van der Waals surface area contributed by atoms with Gasteiger partial charge in [-0.05, 0) is 133 Å². The van der Waals surface area contributed by atoms with Crippen molar-refractivity contribution in [2.24, 2.45) is 0 Å². The molecule has 0 aliphatic heterocycles. The van der Waals surface area contributed by atoms with E-state index in [1.54, 1.807) is 14.2 Å². The molecule has 21 rings (SSSR count). The predicted molar refractivity (Wildman–Crippen MR) is 447 cm³/mol. The number of methoxy groups -OCH3 is 2. The Bertz CT molecular complexity index is 6950. The van der Waals surface area contributed by atoms with Gasteiger partial charge in [0.2, 0.25) is 0 Å². The van der Waals surface area contributed by atoms with Crippen molar-refractivity contribution in [2.45, 2.75) is 0 Å². The highest BCUT2D eigenvalue weighted by molar-refractivity contribution is 6.09. The molecule has 0 amide bonds. The summed E-state index contributed by atoms with van der Waals surface area (Å²) in [4.78, 5) is 53.3. The number of benzene rings is 11. The molecular weight excluding hydrogens is 1350 g/mol. The summed E-state index contributed by atoms with van der Waals surface area (Å²) in [5.74, 6) is 1.61. The Hall–Kier alpha value is -14.9. The molecule has 0 atom stereocenters. The maximum absolute atomic E-state index is 5.42. The molecule has 0 fully saturated rings. The van der Waals surface area contributed by atoms with Crippen molar-refractivity contribution < 1.29 is 9.47 Å². The molecule has 11 aromatic carbocycles. The summed E-state index contributed by atoms with van der Waals surface area (Å²) in [5.41, 5.74) is 26.6. The first kappa shape index (κ1) is 63.6. The Balaban J connectivity index is 0.561. The lowest BCUT2D eigenvalue weighted by Gasteiger charge is -2.11. The van der Waals surface area contributed by atoms with E-state index < -0.39 is 0 Å². The summed E-state index contributed by atoms with van der Waals surface area (Å²) in [6.45, 7) is 0. The molecule has 12 heteroatoms. The van der Waals surface area contributed by atoms with Gasteiger partial charge in [0.1, 0.15) is 11.5 Å². The van der Waals surface area contributed by atoms with Crippen molar-refractivity contribution in [3.63, 3.8) is 0 Å². The van der Waals surface area contributed by atoms with Crippen molar-refractivity contribution in [1.29, 1.82) is 0 Å². The number of pyridine rings is 10. The standard InChI is InChI=1S/C98H60N10O2/c1-109-77-39-25-57(26-40-77)79-43-29-59-15-17-61-31-45-81(101-91(61)89(59)99-79)69-7-3-9-71(53-69)83-47-33-63-19-21-65-35-49-85(105-95(65)93(63)103-83)73-11-5-13-75(55-73)87-51-37-67-23-24-68-38-52-88(108-98(68)97(67)107-87)76-14-6-12-74(56-76)86-50-36-66-22-20-64-34-48-84(104-94(64)96(66)106-86)72-10-4-8-70(54-72)82-46-32-62-18-16-60-30-44-80(100-90(60)92(62)102-82)58-27-41-78(110-2)42-28-58/h3-56H,1-2H3. The lowest BCUT2D eigenvalue weighted by Crippen LogP contribution is -1.93. The molecule has 0 saturated carbocycles. The molecule has 0 unspecified atom stereocenters. The third kappa shape index (κ3) is 11.3. The summed E-state index contributed by atoms with van der Waals surface area (Å²) in [6.07, 6.45) is 0. The van der Waals surface area contributed by atoms with E-state index in [4.69, 9.17) is 59.3 Å². The van der Waals surface area contributed by atoms with Crippen LogP contribution in [-0.4, -0.2) is 64.1 Å². The van der Waals surface area contributed by atoms with Gasteiger partial charge < -0.3 is 9.47 Å². The number of aromatic nitrogens is 10. The smallest absolute Gasteiger partial charge is 0.118 e. The number of fused-ring (bicyclic) bond motifs is 15. The van der Waals surface area contributed by atoms with Gasteiger partial charge in [-0.1, -0.05) is 194 Å². The predicted octanol–water partition coefficient (Wildman–Crippen LogP) is 23.9. The highest BCUT2D eigenvalue weighted by atomic mass is 16.5. The molecule has 12 nitrogen and oxygen atoms in total. The van der Waals surface area contributed by atoms with E-state index in [-0.39, 0.29) is 0 Å². The Morgan fingerprint density at radius 2 is 0.282 bits per heavy atom. The molecule has 0 spiro atoms. The van der Waals surface area contributed by atoms with E-state index >= 15 is 0 Å². The number of hydrogen-bond donors (Lipinski definition) is 0. The second-order valence-corrected chi connectivity index (χ2v) is 27.8. The van der Waals surface area contributed by atoms with Crippen LogP contribution in [0.5, 0.6) is 11.5 Å². The molecule has 21 aromatic rings. The summed E-state index contributed by atoms with van der Waals surface area (Å²) in [5, 5.41) is 10.1. The van der Waals surface area contributed by atoms with Crippen LogP contribution in [-0.2, 0) is 0 Å². The number of ether oxygens (including phenoxy) is 2. The zero-order valence-electron chi connectivity index (χ0n) is 59.5. The first-order valence-electron chi connectivity index (χ1n) is 36.5.